The van der Waals surface area contributed by atoms with E-state index in [-0.39, 0.29) is 16.8 Å². The van der Waals surface area contributed by atoms with Crippen molar-refractivity contribution in [2.24, 2.45) is 0 Å². The Morgan fingerprint density at radius 1 is 1.50 bits per heavy atom. The van der Waals surface area contributed by atoms with Crippen molar-refractivity contribution >= 4 is 17.7 Å². The quantitative estimate of drug-likeness (QED) is 0.714. The molecule has 1 unspecified atom stereocenters. The summed E-state index contributed by atoms with van der Waals surface area (Å²) in [6.07, 6.45) is 0. The maximum atomic E-state index is 11.4. The molecule has 14 heavy (non-hydrogen) atoms. The first-order valence-corrected chi connectivity index (χ1v) is 5.87. The van der Waals surface area contributed by atoms with E-state index in [2.05, 4.69) is 26.1 Å². The number of esters is 1. The zero-order valence-corrected chi connectivity index (χ0v) is 10.5. The fourth-order valence-electron chi connectivity index (χ4n) is 0.845. The van der Waals surface area contributed by atoms with Gasteiger partial charge in [-0.1, -0.05) is 20.8 Å². The molecular weight excluding hydrogens is 198 g/mol. The third-order valence-electron chi connectivity index (χ3n) is 1.60. The molecule has 0 saturated heterocycles. The van der Waals surface area contributed by atoms with E-state index in [1.165, 1.54) is 0 Å². The van der Waals surface area contributed by atoms with Crippen molar-refractivity contribution < 1.29 is 9.53 Å². The van der Waals surface area contributed by atoms with Crippen molar-refractivity contribution in [3.8, 4) is 0 Å². The van der Waals surface area contributed by atoms with Gasteiger partial charge >= 0.3 is 5.97 Å². The normalized spacial score (nSPS) is 13.8. The van der Waals surface area contributed by atoms with Crippen LogP contribution in [0.1, 0.15) is 27.7 Å². The summed E-state index contributed by atoms with van der Waals surface area (Å²) in [5.74, 6) is 0.588. The van der Waals surface area contributed by atoms with Crippen LogP contribution in [0.3, 0.4) is 0 Å². The molecule has 0 aliphatic heterocycles. The van der Waals surface area contributed by atoms with Gasteiger partial charge in [-0.3, -0.25) is 4.79 Å². The second-order valence-electron chi connectivity index (χ2n) is 4.02. The van der Waals surface area contributed by atoms with Crippen molar-refractivity contribution in [2.45, 2.75) is 38.5 Å². The lowest BCUT2D eigenvalue weighted by molar-refractivity contribution is -0.144. The van der Waals surface area contributed by atoms with Gasteiger partial charge in [0.15, 0.2) is 0 Å². The number of rotatable bonds is 5. The average molecular weight is 219 g/mol. The minimum absolute atomic E-state index is 0.160. The summed E-state index contributed by atoms with van der Waals surface area (Å²) in [7, 11) is 1.78. The zero-order valence-electron chi connectivity index (χ0n) is 9.72. The summed E-state index contributed by atoms with van der Waals surface area (Å²) in [6.45, 7) is 8.67. The Kier molecular flexibility index (Phi) is 6.20. The Hall–Kier alpha value is -0.220. The summed E-state index contributed by atoms with van der Waals surface area (Å²) < 4.78 is 5.13. The summed E-state index contributed by atoms with van der Waals surface area (Å²) >= 11 is 1.76. The maximum Gasteiger partial charge on any atom is 0.323 e. The Morgan fingerprint density at radius 2 is 2.07 bits per heavy atom. The number of likely N-dealkylation sites (N-methyl/N-ethyl adjacent to an activating group) is 1. The van der Waals surface area contributed by atoms with Gasteiger partial charge in [0.1, 0.15) is 6.04 Å². The van der Waals surface area contributed by atoms with E-state index in [4.69, 9.17) is 4.74 Å². The highest BCUT2D eigenvalue weighted by Crippen LogP contribution is 2.23. The van der Waals surface area contributed by atoms with E-state index < -0.39 is 0 Å². The number of hydrogen-bond donors (Lipinski definition) is 1. The minimum Gasteiger partial charge on any atom is -0.465 e. The first kappa shape index (κ1) is 13.8. The van der Waals surface area contributed by atoms with Crippen LogP contribution in [-0.4, -0.2) is 36.2 Å². The summed E-state index contributed by atoms with van der Waals surface area (Å²) in [5.41, 5.74) is 0. The molecule has 0 saturated carbocycles. The predicted molar refractivity (Wildman–Crippen MR) is 61.7 cm³/mol. The smallest absolute Gasteiger partial charge is 0.323 e. The van der Waals surface area contributed by atoms with Gasteiger partial charge in [0.25, 0.3) is 0 Å². The maximum absolute atomic E-state index is 11.4. The number of thioether (sulfide) groups is 1. The largest absolute Gasteiger partial charge is 0.465 e. The molecule has 0 amide bonds. The van der Waals surface area contributed by atoms with E-state index in [1.54, 1.807) is 18.8 Å². The molecule has 0 heterocycles. The minimum atomic E-state index is -0.195. The van der Waals surface area contributed by atoms with Crippen LogP contribution in [0.2, 0.25) is 0 Å². The van der Waals surface area contributed by atoms with Crippen molar-refractivity contribution in [1.82, 2.24) is 5.32 Å². The fraction of sp³-hybridized carbons (Fsp3) is 0.900. The zero-order chi connectivity index (χ0) is 11.2. The molecule has 0 aliphatic carbocycles. The van der Waals surface area contributed by atoms with Crippen molar-refractivity contribution in [2.75, 3.05) is 19.4 Å². The predicted octanol–water partition coefficient (Wildman–Crippen LogP) is 1.67. The highest BCUT2D eigenvalue weighted by Gasteiger charge is 2.21. The third-order valence-corrected chi connectivity index (χ3v) is 2.97. The SMILES string of the molecule is CCOC(=O)C(CSC(C)(C)C)NC. The van der Waals surface area contributed by atoms with E-state index in [0.717, 1.165) is 5.75 Å². The standard InChI is InChI=1S/C10H21NO2S/c1-6-13-9(12)8(11-5)7-14-10(2,3)4/h8,11H,6-7H2,1-5H3. The van der Waals surface area contributed by atoms with E-state index in [9.17, 15) is 4.79 Å². The second-order valence-corrected chi connectivity index (χ2v) is 5.86. The lowest BCUT2D eigenvalue weighted by Gasteiger charge is -2.21. The molecule has 1 atom stereocenters. The van der Waals surface area contributed by atoms with Gasteiger partial charge in [-0.25, -0.2) is 0 Å². The van der Waals surface area contributed by atoms with Crippen LogP contribution in [0.15, 0.2) is 0 Å². The van der Waals surface area contributed by atoms with Gasteiger partial charge in [-0.2, -0.15) is 11.8 Å². The Balaban J connectivity index is 3.97. The van der Waals surface area contributed by atoms with Gasteiger partial charge in [0.05, 0.1) is 6.61 Å². The lowest BCUT2D eigenvalue weighted by Crippen LogP contribution is -2.38. The molecule has 0 radical (unpaired) electrons. The second kappa shape index (κ2) is 6.30. The number of carbonyl (C=O) groups excluding carboxylic acids is 1. The highest BCUT2D eigenvalue weighted by molar-refractivity contribution is 8.00. The van der Waals surface area contributed by atoms with Crippen LogP contribution in [-0.2, 0) is 9.53 Å². The van der Waals surface area contributed by atoms with Crippen LogP contribution in [0.25, 0.3) is 0 Å². The van der Waals surface area contributed by atoms with Crippen molar-refractivity contribution in [3.63, 3.8) is 0 Å². The molecule has 0 fully saturated rings. The van der Waals surface area contributed by atoms with E-state index in [1.807, 2.05) is 6.92 Å². The number of carbonyl (C=O) groups is 1. The molecule has 1 N–H and O–H groups in total. The Labute approximate surface area is 91.0 Å². The van der Waals surface area contributed by atoms with Crippen molar-refractivity contribution in [1.29, 1.82) is 0 Å². The monoisotopic (exact) mass is 219 g/mol. The number of nitrogens with one attached hydrogen (secondary N) is 1. The Bertz CT molecular complexity index is 177. The molecule has 0 aliphatic rings. The molecule has 0 rings (SSSR count). The van der Waals surface area contributed by atoms with Gasteiger partial charge in [0.2, 0.25) is 0 Å². The van der Waals surface area contributed by atoms with E-state index in [0.29, 0.717) is 6.61 Å². The van der Waals surface area contributed by atoms with E-state index >= 15 is 0 Å². The molecule has 0 spiro atoms. The molecule has 84 valence electrons. The van der Waals surface area contributed by atoms with Crippen molar-refractivity contribution in [3.05, 3.63) is 0 Å². The topological polar surface area (TPSA) is 38.3 Å². The molecule has 0 aromatic carbocycles. The molecule has 0 aromatic heterocycles. The summed E-state index contributed by atoms with van der Waals surface area (Å²) in [4.78, 5) is 11.4. The van der Waals surface area contributed by atoms with Crippen LogP contribution >= 0.6 is 11.8 Å². The van der Waals surface area contributed by atoms with Gasteiger partial charge < -0.3 is 10.1 Å². The van der Waals surface area contributed by atoms with Crippen LogP contribution in [0.4, 0.5) is 0 Å². The van der Waals surface area contributed by atoms with Gasteiger partial charge in [-0.15, -0.1) is 0 Å². The highest BCUT2D eigenvalue weighted by atomic mass is 32.2. The lowest BCUT2D eigenvalue weighted by atomic mass is 10.3. The Morgan fingerprint density at radius 3 is 2.43 bits per heavy atom. The molecule has 0 bridgehead atoms. The average Bonchev–Trinajstić information content (AvgIpc) is 2.03. The summed E-state index contributed by atoms with van der Waals surface area (Å²) in [6, 6.07) is -0.195. The molecule has 4 heteroatoms. The number of ether oxygens (including phenoxy) is 1. The van der Waals surface area contributed by atoms with Crippen LogP contribution < -0.4 is 5.32 Å². The fourth-order valence-corrected chi connectivity index (χ4v) is 1.81. The molecular formula is C10H21NO2S. The molecule has 0 aromatic rings. The number of hydrogen-bond acceptors (Lipinski definition) is 4. The third kappa shape index (κ3) is 6.27. The van der Waals surface area contributed by atoms with Crippen LogP contribution in [0, 0.1) is 0 Å². The van der Waals surface area contributed by atoms with Gasteiger partial charge in [-0.05, 0) is 14.0 Å². The molecule has 3 nitrogen and oxygen atoms in total. The first-order chi connectivity index (χ1) is 6.40. The summed E-state index contributed by atoms with van der Waals surface area (Å²) in [5, 5.41) is 2.96. The first-order valence-electron chi connectivity index (χ1n) is 4.88. The van der Waals surface area contributed by atoms with Gasteiger partial charge in [0, 0.05) is 10.5 Å². The van der Waals surface area contributed by atoms with Crippen LogP contribution in [0.5, 0.6) is 0 Å².